The maximum atomic E-state index is 5.46. The van der Waals surface area contributed by atoms with Crippen LogP contribution in [-0.4, -0.2) is 20.8 Å². The van der Waals surface area contributed by atoms with Gasteiger partial charge in [0.25, 0.3) is 0 Å². The Hall–Kier alpha value is -2.16. The lowest BCUT2D eigenvalue weighted by Gasteiger charge is -2.14. The summed E-state index contributed by atoms with van der Waals surface area (Å²) >= 11 is 0. The Labute approximate surface area is 113 Å². The Morgan fingerprint density at radius 1 is 1.00 bits per heavy atom. The molecule has 0 saturated carbocycles. The Bertz CT molecular complexity index is 585. The van der Waals surface area contributed by atoms with Gasteiger partial charge < -0.3 is 14.8 Å². The van der Waals surface area contributed by atoms with Crippen LogP contribution in [0, 0.1) is 0 Å². The maximum Gasteiger partial charge on any atom is 0.130 e. The number of hydrogen-bond donors (Lipinski definition) is 1. The van der Waals surface area contributed by atoms with Crippen LogP contribution in [0.3, 0.4) is 0 Å². The van der Waals surface area contributed by atoms with Crippen LogP contribution in [-0.2, 0) is 6.42 Å². The van der Waals surface area contributed by atoms with Crippen molar-refractivity contribution in [3.63, 3.8) is 0 Å². The molecule has 2 aromatic rings. The first-order chi connectivity index (χ1) is 9.33. The van der Waals surface area contributed by atoms with Crippen LogP contribution in [0.15, 0.2) is 36.4 Å². The van der Waals surface area contributed by atoms with Gasteiger partial charge in [0.15, 0.2) is 0 Å². The number of fused-ring (bicyclic) bond motifs is 1. The van der Waals surface area contributed by atoms with Gasteiger partial charge in [-0.15, -0.1) is 0 Å². The van der Waals surface area contributed by atoms with Crippen LogP contribution in [0.5, 0.6) is 11.5 Å². The quantitative estimate of drug-likeness (QED) is 0.912. The molecule has 0 fully saturated rings. The van der Waals surface area contributed by atoms with Crippen molar-refractivity contribution in [2.24, 2.45) is 0 Å². The topological polar surface area (TPSA) is 30.5 Å². The maximum absolute atomic E-state index is 5.46. The van der Waals surface area contributed by atoms with Crippen molar-refractivity contribution in [3.05, 3.63) is 42.0 Å². The van der Waals surface area contributed by atoms with E-state index in [4.69, 9.17) is 9.47 Å². The Kier molecular flexibility index (Phi) is 3.03. The van der Waals surface area contributed by atoms with Gasteiger partial charge in [-0.2, -0.15) is 0 Å². The molecule has 1 N–H and O–H groups in total. The summed E-state index contributed by atoms with van der Waals surface area (Å²) in [4.78, 5) is 0. The van der Waals surface area contributed by atoms with E-state index in [0.717, 1.165) is 35.6 Å². The highest BCUT2D eigenvalue weighted by Gasteiger charge is 2.15. The van der Waals surface area contributed by atoms with E-state index in [9.17, 15) is 0 Å². The first kappa shape index (κ1) is 11.9. The van der Waals surface area contributed by atoms with Crippen molar-refractivity contribution in [1.82, 2.24) is 0 Å². The molecule has 0 bridgehead atoms. The third-order valence-corrected chi connectivity index (χ3v) is 3.54. The number of anilines is 1. The Balaban J connectivity index is 2.15. The summed E-state index contributed by atoms with van der Waals surface area (Å²) in [6.07, 6.45) is 1.10. The number of methoxy groups -OCH3 is 2. The first-order valence-electron chi connectivity index (χ1n) is 6.41. The number of benzene rings is 2. The standard InChI is InChI=1S/C16H17NO2/c1-18-14-4-3-5-15(19-2)16(14)12-7-6-11-8-9-17-13(11)10-12/h3-7,10,17H,8-9H2,1-2H3. The van der Waals surface area contributed by atoms with Gasteiger partial charge in [0, 0.05) is 12.2 Å². The van der Waals surface area contributed by atoms with Gasteiger partial charge in [-0.05, 0) is 35.7 Å². The molecule has 0 atom stereocenters. The average Bonchev–Trinajstić information content (AvgIpc) is 2.93. The molecule has 98 valence electrons. The zero-order chi connectivity index (χ0) is 13.2. The van der Waals surface area contributed by atoms with Crippen molar-refractivity contribution in [3.8, 4) is 22.6 Å². The van der Waals surface area contributed by atoms with Crippen LogP contribution in [0.1, 0.15) is 5.56 Å². The normalized spacial score (nSPS) is 12.7. The molecule has 0 aliphatic carbocycles. The zero-order valence-corrected chi connectivity index (χ0v) is 11.2. The number of rotatable bonds is 3. The number of nitrogens with one attached hydrogen (secondary N) is 1. The lowest BCUT2D eigenvalue weighted by atomic mass is 10.0. The van der Waals surface area contributed by atoms with Crippen LogP contribution < -0.4 is 14.8 Å². The van der Waals surface area contributed by atoms with E-state index in [-0.39, 0.29) is 0 Å². The molecule has 19 heavy (non-hydrogen) atoms. The highest BCUT2D eigenvalue weighted by Crippen LogP contribution is 2.40. The van der Waals surface area contributed by atoms with Gasteiger partial charge in [-0.1, -0.05) is 18.2 Å². The summed E-state index contributed by atoms with van der Waals surface area (Å²) in [6.45, 7) is 1.02. The molecule has 0 amide bonds. The van der Waals surface area contributed by atoms with E-state index in [1.54, 1.807) is 14.2 Å². The number of ether oxygens (including phenoxy) is 2. The van der Waals surface area contributed by atoms with Crippen LogP contribution in [0.25, 0.3) is 11.1 Å². The second-order valence-electron chi connectivity index (χ2n) is 4.59. The van der Waals surface area contributed by atoms with Gasteiger partial charge in [-0.25, -0.2) is 0 Å². The fraction of sp³-hybridized carbons (Fsp3) is 0.250. The van der Waals surface area contributed by atoms with Gasteiger partial charge in [-0.3, -0.25) is 0 Å². The SMILES string of the molecule is COc1cccc(OC)c1-c1ccc2c(c1)NCC2. The van der Waals surface area contributed by atoms with Crippen molar-refractivity contribution in [2.75, 3.05) is 26.1 Å². The first-order valence-corrected chi connectivity index (χ1v) is 6.41. The summed E-state index contributed by atoms with van der Waals surface area (Å²) < 4.78 is 10.9. The number of hydrogen-bond acceptors (Lipinski definition) is 3. The van der Waals surface area contributed by atoms with Crippen LogP contribution in [0.4, 0.5) is 5.69 Å². The van der Waals surface area contributed by atoms with Gasteiger partial charge in [0.2, 0.25) is 0 Å². The largest absolute Gasteiger partial charge is 0.496 e. The van der Waals surface area contributed by atoms with Crippen LogP contribution >= 0.6 is 0 Å². The van der Waals surface area contributed by atoms with Gasteiger partial charge >= 0.3 is 0 Å². The molecule has 3 heteroatoms. The summed E-state index contributed by atoms with van der Waals surface area (Å²) in [6, 6.07) is 12.3. The molecule has 0 aromatic heterocycles. The second kappa shape index (κ2) is 4.84. The minimum absolute atomic E-state index is 0.831. The second-order valence-corrected chi connectivity index (χ2v) is 4.59. The molecule has 3 rings (SSSR count). The van der Waals surface area contributed by atoms with Crippen molar-refractivity contribution >= 4 is 5.69 Å². The van der Waals surface area contributed by atoms with E-state index in [1.165, 1.54) is 11.3 Å². The fourth-order valence-corrected chi connectivity index (χ4v) is 2.58. The van der Waals surface area contributed by atoms with E-state index < -0.39 is 0 Å². The van der Waals surface area contributed by atoms with Gasteiger partial charge in [0.05, 0.1) is 19.8 Å². The Morgan fingerprint density at radius 3 is 2.42 bits per heavy atom. The summed E-state index contributed by atoms with van der Waals surface area (Å²) in [5.41, 5.74) is 4.70. The van der Waals surface area contributed by atoms with E-state index in [1.807, 2.05) is 18.2 Å². The molecule has 1 aliphatic heterocycles. The summed E-state index contributed by atoms with van der Waals surface area (Å²) in [5.74, 6) is 1.66. The third kappa shape index (κ3) is 2.01. The molecular weight excluding hydrogens is 238 g/mol. The van der Waals surface area contributed by atoms with Crippen LogP contribution in [0.2, 0.25) is 0 Å². The molecule has 0 unspecified atom stereocenters. The van der Waals surface area contributed by atoms with Crippen molar-refractivity contribution in [1.29, 1.82) is 0 Å². The minimum Gasteiger partial charge on any atom is -0.496 e. The smallest absolute Gasteiger partial charge is 0.130 e. The van der Waals surface area contributed by atoms with Crippen molar-refractivity contribution < 1.29 is 9.47 Å². The molecule has 0 radical (unpaired) electrons. The predicted octanol–water partition coefficient (Wildman–Crippen LogP) is 3.34. The predicted molar refractivity (Wildman–Crippen MR) is 77.2 cm³/mol. The van der Waals surface area contributed by atoms with Crippen molar-refractivity contribution in [2.45, 2.75) is 6.42 Å². The van der Waals surface area contributed by atoms with E-state index in [2.05, 4.69) is 23.5 Å². The van der Waals surface area contributed by atoms with Gasteiger partial charge in [0.1, 0.15) is 11.5 Å². The summed E-state index contributed by atoms with van der Waals surface area (Å²) in [7, 11) is 3.37. The fourth-order valence-electron chi connectivity index (χ4n) is 2.58. The van der Waals surface area contributed by atoms with E-state index in [0.29, 0.717) is 0 Å². The third-order valence-electron chi connectivity index (χ3n) is 3.54. The molecule has 2 aromatic carbocycles. The average molecular weight is 255 g/mol. The molecule has 3 nitrogen and oxygen atoms in total. The lowest BCUT2D eigenvalue weighted by Crippen LogP contribution is -1.94. The Morgan fingerprint density at radius 2 is 1.74 bits per heavy atom. The summed E-state index contributed by atoms with van der Waals surface area (Å²) in [5, 5.41) is 3.40. The highest BCUT2D eigenvalue weighted by molar-refractivity contribution is 5.80. The molecule has 1 aliphatic rings. The molecule has 0 spiro atoms. The minimum atomic E-state index is 0.831. The molecule has 1 heterocycles. The molecule has 0 saturated heterocycles. The lowest BCUT2D eigenvalue weighted by molar-refractivity contribution is 0.397. The zero-order valence-electron chi connectivity index (χ0n) is 11.2. The highest BCUT2D eigenvalue weighted by atomic mass is 16.5. The monoisotopic (exact) mass is 255 g/mol. The van der Waals surface area contributed by atoms with E-state index >= 15 is 0 Å². The molecular formula is C16H17NO2.